The summed E-state index contributed by atoms with van der Waals surface area (Å²) in [5.74, 6) is 0.882. The molecule has 0 spiro atoms. The predicted molar refractivity (Wildman–Crippen MR) is 91.4 cm³/mol. The van der Waals surface area contributed by atoms with Crippen molar-refractivity contribution in [3.8, 4) is 0 Å². The normalized spacial score (nSPS) is 15.6. The van der Waals surface area contributed by atoms with E-state index >= 15 is 0 Å². The van der Waals surface area contributed by atoms with Gasteiger partial charge in [0.15, 0.2) is 0 Å². The minimum absolute atomic E-state index is 0.000417. The Morgan fingerprint density at radius 1 is 0.950 bits per heavy atom. The van der Waals surface area contributed by atoms with Crippen LogP contribution in [0.25, 0.3) is 0 Å². The van der Waals surface area contributed by atoms with Crippen molar-refractivity contribution in [2.75, 3.05) is 0 Å². The molecule has 2 aromatic rings. The molecule has 0 radical (unpaired) electrons. The van der Waals surface area contributed by atoms with Crippen molar-refractivity contribution in [3.05, 3.63) is 70.2 Å². The van der Waals surface area contributed by atoms with Crippen molar-refractivity contribution in [1.82, 2.24) is 0 Å². The molecule has 106 valence electrons. The zero-order valence-electron chi connectivity index (χ0n) is 11.9. The third kappa shape index (κ3) is 3.65. The van der Waals surface area contributed by atoms with E-state index in [0.717, 1.165) is 10.9 Å². The second kappa shape index (κ2) is 7.28. The molecule has 0 saturated carbocycles. The Labute approximate surface area is 135 Å². The fraction of sp³-hybridized carbons (Fsp3) is 0.333. The predicted octanol–water partition coefficient (Wildman–Crippen LogP) is 6.56. The molecule has 0 amide bonds. The average Bonchev–Trinajstić information content (AvgIpc) is 2.49. The zero-order valence-corrected chi connectivity index (χ0v) is 14.2. The molecule has 0 aliphatic carbocycles. The first-order valence-corrected chi connectivity index (χ1v) is 8.31. The van der Waals surface area contributed by atoms with Gasteiger partial charge in [-0.1, -0.05) is 78.7 Å². The van der Waals surface area contributed by atoms with Crippen LogP contribution >= 0.6 is 27.5 Å². The Morgan fingerprint density at radius 3 is 2.10 bits per heavy atom. The summed E-state index contributed by atoms with van der Waals surface area (Å²) in [4.78, 5) is 0. The number of alkyl halides is 1. The van der Waals surface area contributed by atoms with Crippen LogP contribution in [-0.2, 0) is 0 Å². The van der Waals surface area contributed by atoms with Gasteiger partial charge in [0.1, 0.15) is 0 Å². The molecule has 0 aliphatic heterocycles. The minimum atomic E-state index is 0.000417. The zero-order chi connectivity index (χ0) is 14.5. The van der Waals surface area contributed by atoms with Crippen LogP contribution in [0.1, 0.15) is 42.7 Å². The molecular weight excluding hydrogens is 332 g/mol. The maximum atomic E-state index is 6.82. The largest absolute Gasteiger partial charge is 0.117 e. The van der Waals surface area contributed by atoms with Gasteiger partial charge in [-0.25, -0.2) is 0 Å². The molecule has 0 bridgehead atoms. The molecule has 0 aromatic heterocycles. The molecule has 3 atom stereocenters. The summed E-state index contributed by atoms with van der Waals surface area (Å²) in [5.41, 5.74) is 2.51. The summed E-state index contributed by atoms with van der Waals surface area (Å²) in [6.45, 7) is 4.51. The van der Waals surface area contributed by atoms with E-state index in [0.29, 0.717) is 11.8 Å². The molecule has 20 heavy (non-hydrogen) atoms. The van der Waals surface area contributed by atoms with Crippen molar-refractivity contribution in [3.63, 3.8) is 0 Å². The van der Waals surface area contributed by atoms with Crippen LogP contribution in [0.3, 0.4) is 0 Å². The fourth-order valence-electron chi connectivity index (χ4n) is 2.57. The molecule has 3 unspecified atom stereocenters. The van der Waals surface area contributed by atoms with Crippen LogP contribution in [0.5, 0.6) is 0 Å². The molecule has 0 aliphatic rings. The van der Waals surface area contributed by atoms with Crippen molar-refractivity contribution in [1.29, 1.82) is 0 Å². The van der Waals surface area contributed by atoms with Gasteiger partial charge in [-0.2, -0.15) is 0 Å². The van der Waals surface area contributed by atoms with Crippen LogP contribution in [0.15, 0.2) is 59.1 Å². The van der Waals surface area contributed by atoms with E-state index in [1.165, 1.54) is 11.1 Å². The quantitative estimate of drug-likeness (QED) is 0.535. The Balaban J connectivity index is 2.34. The molecule has 0 saturated heterocycles. The summed E-state index contributed by atoms with van der Waals surface area (Å²) in [6, 6.07) is 19.0. The van der Waals surface area contributed by atoms with Gasteiger partial charge < -0.3 is 0 Å². The second-order valence-electron chi connectivity index (χ2n) is 5.28. The third-order valence-electron chi connectivity index (χ3n) is 3.95. The second-order valence-corrected chi connectivity index (χ2v) is 6.66. The van der Waals surface area contributed by atoms with E-state index in [-0.39, 0.29) is 5.38 Å². The smallest absolute Gasteiger partial charge is 0.0656 e. The molecule has 2 aromatic carbocycles. The van der Waals surface area contributed by atoms with Gasteiger partial charge in [-0.15, -0.1) is 11.6 Å². The SMILES string of the molecule is CCC(C)C(c1ccccc1)C(Cl)c1ccc(Br)cc1. The fourth-order valence-corrected chi connectivity index (χ4v) is 3.37. The van der Waals surface area contributed by atoms with Gasteiger partial charge in [0.2, 0.25) is 0 Å². The summed E-state index contributed by atoms with van der Waals surface area (Å²) >= 11 is 10.3. The Bertz CT molecular complexity index is 521. The lowest BCUT2D eigenvalue weighted by molar-refractivity contribution is 0.434. The molecule has 0 heterocycles. The van der Waals surface area contributed by atoms with Gasteiger partial charge in [0.05, 0.1) is 5.38 Å². The van der Waals surface area contributed by atoms with Crippen molar-refractivity contribution in [2.45, 2.75) is 31.6 Å². The number of hydrogen-bond acceptors (Lipinski definition) is 0. The lowest BCUT2D eigenvalue weighted by Crippen LogP contribution is -2.15. The molecule has 0 fully saturated rings. The monoisotopic (exact) mass is 350 g/mol. The van der Waals surface area contributed by atoms with E-state index in [2.05, 4.69) is 84.4 Å². The van der Waals surface area contributed by atoms with Gasteiger partial charge in [-0.3, -0.25) is 0 Å². The molecule has 2 rings (SSSR count). The topological polar surface area (TPSA) is 0 Å². The highest BCUT2D eigenvalue weighted by Crippen LogP contribution is 2.42. The highest BCUT2D eigenvalue weighted by Gasteiger charge is 2.27. The van der Waals surface area contributed by atoms with Crippen LogP contribution in [0, 0.1) is 5.92 Å². The average molecular weight is 352 g/mol. The first-order valence-electron chi connectivity index (χ1n) is 7.08. The summed E-state index contributed by atoms with van der Waals surface area (Å²) in [5, 5.41) is 0.000417. The van der Waals surface area contributed by atoms with Crippen molar-refractivity contribution in [2.24, 2.45) is 5.92 Å². The molecule has 0 N–H and O–H groups in total. The van der Waals surface area contributed by atoms with Crippen LogP contribution in [-0.4, -0.2) is 0 Å². The maximum Gasteiger partial charge on any atom is 0.0656 e. The highest BCUT2D eigenvalue weighted by atomic mass is 79.9. The maximum absolute atomic E-state index is 6.82. The van der Waals surface area contributed by atoms with Gasteiger partial charge in [0.25, 0.3) is 0 Å². The number of rotatable bonds is 5. The van der Waals surface area contributed by atoms with Gasteiger partial charge >= 0.3 is 0 Å². The summed E-state index contributed by atoms with van der Waals surface area (Å²) < 4.78 is 1.09. The Kier molecular flexibility index (Phi) is 5.68. The Morgan fingerprint density at radius 2 is 1.55 bits per heavy atom. The van der Waals surface area contributed by atoms with E-state index in [9.17, 15) is 0 Å². The number of halogens is 2. The number of benzene rings is 2. The first kappa shape index (κ1) is 15.6. The van der Waals surface area contributed by atoms with Crippen molar-refractivity contribution >= 4 is 27.5 Å². The van der Waals surface area contributed by atoms with Crippen molar-refractivity contribution < 1.29 is 0 Å². The minimum Gasteiger partial charge on any atom is -0.117 e. The van der Waals surface area contributed by atoms with Crippen LogP contribution in [0.4, 0.5) is 0 Å². The lowest BCUT2D eigenvalue weighted by atomic mass is 9.81. The van der Waals surface area contributed by atoms with E-state index in [1.54, 1.807) is 0 Å². The van der Waals surface area contributed by atoms with Crippen LogP contribution < -0.4 is 0 Å². The standard InChI is InChI=1S/C18H20BrCl/c1-3-13(2)17(14-7-5-4-6-8-14)18(20)15-9-11-16(19)12-10-15/h4-13,17-18H,3H2,1-2H3. The molecule has 2 heteroatoms. The van der Waals surface area contributed by atoms with Crippen LogP contribution in [0.2, 0.25) is 0 Å². The summed E-state index contributed by atoms with van der Waals surface area (Å²) in [6.07, 6.45) is 1.12. The summed E-state index contributed by atoms with van der Waals surface area (Å²) in [7, 11) is 0. The molecule has 0 nitrogen and oxygen atoms in total. The lowest BCUT2D eigenvalue weighted by Gasteiger charge is -2.28. The first-order chi connectivity index (χ1) is 9.63. The van der Waals surface area contributed by atoms with E-state index in [4.69, 9.17) is 11.6 Å². The Hall–Kier alpha value is -0.790. The van der Waals surface area contributed by atoms with E-state index in [1.807, 2.05) is 0 Å². The number of hydrogen-bond donors (Lipinski definition) is 0. The third-order valence-corrected chi connectivity index (χ3v) is 5.00. The molecular formula is C18H20BrCl. The van der Waals surface area contributed by atoms with Gasteiger partial charge in [-0.05, 0) is 29.2 Å². The van der Waals surface area contributed by atoms with Gasteiger partial charge in [0, 0.05) is 10.4 Å². The van der Waals surface area contributed by atoms with E-state index < -0.39 is 0 Å². The highest BCUT2D eigenvalue weighted by molar-refractivity contribution is 9.10.